The van der Waals surface area contributed by atoms with E-state index in [0.29, 0.717) is 51.7 Å². The number of H-pyrrole nitrogens is 3. The molecular formula is C33H57BN6O6. The maximum absolute atomic E-state index is 6.55. The number of nitrogens with zero attached hydrogens (tertiary/aromatic N) is 3. The highest BCUT2D eigenvalue weighted by molar-refractivity contribution is 6.98. The van der Waals surface area contributed by atoms with Gasteiger partial charge in [0.05, 0.1) is 16.4 Å². The molecule has 0 aliphatic carbocycles. The molecule has 0 unspecified atom stereocenters. The van der Waals surface area contributed by atoms with Crippen molar-refractivity contribution < 1.29 is 28.4 Å². The number of hydrogen-bond acceptors (Lipinski definition) is 9. The maximum atomic E-state index is 6.55. The van der Waals surface area contributed by atoms with E-state index in [1.165, 1.54) is 0 Å². The van der Waals surface area contributed by atoms with Gasteiger partial charge in [0.15, 0.2) is 0 Å². The fourth-order valence-corrected chi connectivity index (χ4v) is 4.41. The predicted octanol–water partition coefficient (Wildman–Crippen LogP) is 5.44. The third kappa shape index (κ3) is 10.5. The van der Waals surface area contributed by atoms with Gasteiger partial charge in [-0.25, -0.2) is 15.3 Å². The minimum atomic E-state index is -0.796. The van der Waals surface area contributed by atoms with E-state index in [0.717, 1.165) is 0 Å². The second kappa shape index (κ2) is 12.3. The molecule has 12 nitrogen and oxygen atoms in total. The molecular weight excluding hydrogens is 587 g/mol. The van der Waals surface area contributed by atoms with Crippen LogP contribution in [-0.4, -0.2) is 70.9 Å². The maximum Gasteiger partial charge on any atom is 0.283 e. The van der Waals surface area contributed by atoms with Gasteiger partial charge in [-0.3, -0.25) is 0 Å². The molecule has 46 heavy (non-hydrogen) atoms. The summed E-state index contributed by atoms with van der Waals surface area (Å²) in [6.45, 7) is 34.6. The summed E-state index contributed by atoms with van der Waals surface area (Å²) < 4.78 is 39.2. The number of nitrogens with one attached hydrogen (secondary N) is 3. The minimum Gasteiger partial charge on any atom is -0.473 e. The highest BCUT2D eigenvalue weighted by atomic mass is 16.5. The van der Waals surface area contributed by atoms with Crippen molar-refractivity contribution in [2.24, 2.45) is 0 Å². The van der Waals surface area contributed by atoms with Gasteiger partial charge in [-0.1, -0.05) is 0 Å². The van der Waals surface area contributed by atoms with Crippen LogP contribution in [0.4, 0.5) is 0 Å². The molecule has 0 atom stereocenters. The summed E-state index contributed by atoms with van der Waals surface area (Å²) in [7, 11) is 0. The van der Waals surface area contributed by atoms with E-state index in [2.05, 4.69) is 30.6 Å². The fraction of sp³-hybridized carbons (Fsp3) is 0.727. The Hall–Kier alpha value is -3.51. The van der Waals surface area contributed by atoms with Gasteiger partial charge in [0.1, 0.15) is 33.6 Å². The summed E-state index contributed by atoms with van der Waals surface area (Å²) in [5.74, 6) is 2.16. The van der Waals surface area contributed by atoms with Crippen LogP contribution < -0.4 is 44.8 Å². The van der Waals surface area contributed by atoms with Crippen molar-refractivity contribution >= 4 is 23.1 Å². The van der Waals surface area contributed by atoms with Crippen molar-refractivity contribution in [1.29, 1.82) is 0 Å². The summed E-state index contributed by atoms with van der Waals surface area (Å²) in [6.07, 6.45) is 0. The summed E-state index contributed by atoms with van der Waals surface area (Å²) in [5.41, 5.74) is -1.89. The highest BCUT2D eigenvalue weighted by Crippen LogP contribution is 2.31. The Bertz CT molecular complexity index is 1190. The van der Waals surface area contributed by atoms with Crippen LogP contribution >= 0.6 is 0 Å². The van der Waals surface area contributed by atoms with Crippen LogP contribution in [0.2, 0.25) is 0 Å². The average molecular weight is 645 g/mol. The molecule has 0 spiro atoms. The fourth-order valence-electron chi connectivity index (χ4n) is 4.41. The van der Waals surface area contributed by atoms with E-state index >= 15 is 0 Å². The molecule has 0 aliphatic heterocycles. The van der Waals surface area contributed by atoms with Crippen molar-refractivity contribution in [3.05, 3.63) is 0 Å². The van der Waals surface area contributed by atoms with Crippen molar-refractivity contribution in [1.82, 2.24) is 30.6 Å². The lowest BCUT2D eigenvalue weighted by molar-refractivity contribution is 0.124. The SMILES string of the molecule is CC(C)(C)Oc1n[nH]c(OC(C)(C)C)c1B(c1c(OC(C)(C)C)n[nH]c1OC(C)(C)C)c1c(OC(C)(C)C)n[nH]c1OC(C)(C)C. The first-order valence-corrected chi connectivity index (χ1v) is 15.9. The zero-order valence-electron chi connectivity index (χ0n) is 31.4. The molecule has 0 amide bonds. The summed E-state index contributed by atoms with van der Waals surface area (Å²) in [5, 5.41) is 23.3. The highest BCUT2D eigenvalue weighted by Gasteiger charge is 2.46. The Labute approximate surface area is 275 Å². The van der Waals surface area contributed by atoms with Gasteiger partial charge in [0, 0.05) is 0 Å². The Morgan fingerprint density at radius 2 is 0.543 bits per heavy atom. The molecule has 3 N–H and O–H groups in total. The molecule has 3 aromatic rings. The van der Waals surface area contributed by atoms with Gasteiger partial charge in [0.2, 0.25) is 35.3 Å². The lowest BCUT2D eigenvalue weighted by Gasteiger charge is -2.28. The van der Waals surface area contributed by atoms with Gasteiger partial charge >= 0.3 is 0 Å². The molecule has 0 bridgehead atoms. The van der Waals surface area contributed by atoms with Crippen molar-refractivity contribution in [3.8, 4) is 35.3 Å². The van der Waals surface area contributed by atoms with Crippen LogP contribution in [0.3, 0.4) is 0 Å². The quantitative estimate of drug-likeness (QED) is 0.260. The Balaban J connectivity index is 2.60. The second-order valence-electron chi connectivity index (χ2n) is 17.5. The van der Waals surface area contributed by atoms with E-state index in [9.17, 15) is 0 Å². The number of aromatic nitrogens is 6. The van der Waals surface area contributed by atoms with Crippen LogP contribution in [0.1, 0.15) is 125 Å². The number of ether oxygens (including phenoxy) is 6. The zero-order valence-corrected chi connectivity index (χ0v) is 31.4. The molecule has 0 saturated heterocycles. The largest absolute Gasteiger partial charge is 0.473 e. The van der Waals surface area contributed by atoms with Crippen LogP contribution in [0.15, 0.2) is 0 Å². The molecule has 3 aromatic heterocycles. The topological polar surface area (TPSA) is 141 Å². The molecule has 0 saturated carbocycles. The molecule has 0 fully saturated rings. The lowest BCUT2D eigenvalue weighted by Crippen LogP contribution is -2.55. The van der Waals surface area contributed by atoms with Crippen LogP contribution in [-0.2, 0) is 0 Å². The normalized spacial score (nSPS) is 13.4. The predicted molar refractivity (Wildman–Crippen MR) is 183 cm³/mol. The minimum absolute atomic E-state index is 0.325. The van der Waals surface area contributed by atoms with E-state index in [1.54, 1.807) is 0 Å². The summed E-state index contributed by atoms with van der Waals surface area (Å²) in [6, 6.07) is 0. The van der Waals surface area contributed by atoms with Crippen LogP contribution in [0.5, 0.6) is 35.3 Å². The van der Waals surface area contributed by atoms with Crippen LogP contribution in [0, 0.1) is 0 Å². The third-order valence-electron chi connectivity index (χ3n) is 5.50. The van der Waals surface area contributed by atoms with Gasteiger partial charge in [0.25, 0.3) is 6.71 Å². The number of rotatable bonds is 9. The number of aromatic amines is 3. The first-order valence-electron chi connectivity index (χ1n) is 15.9. The summed E-state index contributed by atoms with van der Waals surface area (Å²) >= 11 is 0. The molecule has 258 valence electrons. The first-order chi connectivity index (χ1) is 20.5. The zero-order chi connectivity index (χ0) is 35.3. The smallest absolute Gasteiger partial charge is 0.283 e. The molecule has 3 heterocycles. The van der Waals surface area contributed by atoms with Crippen molar-refractivity contribution in [3.63, 3.8) is 0 Å². The molecule has 0 radical (unpaired) electrons. The average Bonchev–Trinajstić information content (AvgIpc) is 3.43. The monoisotopic (exact) mass is 644 g/mol. The van der Waals surface area contributed by atoms with Gasteiger partial charge in [-0.15, -0.1) is 15.3 Å². The van der Waals surface area contributed by atoms with Gasteiger partial charge < -0.3 is 28.4 Å². The third-order valence-corrected chi connectivity index (χ3v) is 5.50. The van der Waals surface area contributed by atoms with Crippen molar-refractivity contribution in [2.45, 2.75) is 158 Å². The van der Waals surface area contributed by atoms with Crippen LogP contribution in [0.25, 0.3) is 0 Å². The number of hydrogen-bond donors (Lipinski definition) is 3. The molecule has 0 aliphatic rings. The van der Waals surface area contributed by atoms with Gasteiger partial charge in [-0.05, 0) is 125 Å². The Morgan fingerprint density at radius 3 is 0.717 bits per heavy atom. The van der Waals surface area contributed by atoms with E-state index < -0.39 is 40.3 Å². The van der Waals surface area contributed by atoms with Gasteiger partial charge in [-0.2, -0.15) is 0 Å². The Kier molecular flexibility index (Phi) is 9.85. The van der Waals surface area contributed by atoms with E-state index in [4.69, 9.17) is 28.4 Å². The Morgan fingerprint density at radius 1 is 0.348 bits per heavy atom. The standard InChI is InChI=1S/C33H57BN6O6/c1-28(2,3)41-22-19(23(36-35-22)42-29(4,5)6)34(20-24(43-30(7,8)9)37-38-25(20)44-31(10,11)12)21-26(45-32(13,14)15)39-40-27(21)46-33(16,17)18/h1-18H3,(H,35,36)(H,37,38)(H,39,40). The summed E-state index contributed by atoms with van der Waals surface area (Å²) in [4.78, 5) is 0. The lowest BCUT2D eigenvalue weighted by atomic mass is 9.37. The second-order valence-corrected chi connectivity index (χ2v) is 17.5. The molecule has 3 rings (SSSR count). The molecule has 13 heteroatoms. The van der Waals surface area contributed by atoms with Crippen molar-refractivity contribution in [2.75, 3.05) is 0 Å². The van der Waals surface area contributed by atoms with E-state index in [-0.39, 0.29) is 0 Å². The first kappa shape index (κ1) is 37.0. The van der Waals surface area contributed by atoms with E-state index in [1.807, 2.05) is 125 Å². The molecule has 0 aromatic carbocycles.